The summed E-state index contributed by atoms with van der Waals surface area (Å²) in [6.45, 7) is 2.82. The highest BCUT2D eigenvalue weighted by molar-refractivity contribution is 8.14. The summed E-state index contributed by atoms with van der Waals surface area (Å²) in [5.41, 5.74) is 2.74. The van der Waals surface area contributed by atoms with Crippen LogP contribution < -0.4 is 5.32 Å². The maximum absolute atomic E-state index is 12.0. The number of nitrogens with zero attached hydrogens (tertiary/aromatic N) is 1. The lowest BCUT2D eigenvalue weighted by Crippen LogP contribution is -2.27. The molecule has 0 spiro atoms. The summed E-state index contributed by atoms with van der Waals surface area (Å²) in [4.78, 5) is 19.4. The molecule has 1 aliphatic rings. The number of benzene rings is 1. The Kier molecular flexibility index (Phi) is 2.83. The Balaban J connectivity index is 1.87. The smallest absolute Gasteiger partial charge is 0.273 e. The lowest BCUT2D eigenvalue weighted by Gasteiger charge is -2.00. The van der Waals surface area contributed by atoms with Gasteiger partial charge in [0.25, 0.3) is 5.91 Å². The predicted molar refractivity (Wildman–Crippen MR) is 75.3 cm³/mol. The van der Waals surface area contributed by atoms with Crippen LogP contribution in [0, 0.1) is 6.92 Å². The van der Waals surface area contributed by atoms with E-state index in [1.807, 2.05) is 31.2 Å². The fraction of sp³-hybridized carbons (Fsp3) is 0.231. The van der Waals surface area contributed by atoms with Gasteiger partial charge in [-0.3, -0.25) is 9.79 Å². The molecule has 0 fully saturated rings. The molecule has 2 aromatic rings. The van der Waals surface area contributed by atoms with Crippen molar-refractivity contribution in [1.29, 1.82) is 0 Å². The molecule has 0 saturated heterocycles. The van der Waals surface area contributed by atoms with E-state index < -0.39 is 0 Å². The second-order valence-corrected chi connectivity index (χ2v) is 5.35. The van der Waals surface area contributed by atoms with E-state index in [4.69, 9.17) is 0 Å². The van der Waals surface area contributed by atoms with Crippen LogP contribution in [0.15, 0.2) is 29.3 Å². The van der Waals surface area contributed by atoms with Crippen LogP contribution >= 0.6 is 11.8 Å². The molecule has 2 heterocycles. The summed E-state index contributed by atoms with van der Waals surface area (Å²) in [5.74, 6) is 0.818. The zero-order valence-electron chi connectivity index (χ0n) is 9.99. The van der Waals surface area contributed by atoms with Crippen LogP contribution in [-0.4, -0.2) is 28.4 Å². The molecule has 2 N–H and O–H groups in total. The summed E-state index contributed by atoms with van der Waals surface area (Å²) in [6.07, 6.45) is 0. The molecule has 3 rings (SSSR count). The normalized spacial score (nSPS) is 14.8. The lowest BCUT2D eigenvalue weighted by molar-refractivity contribution is 0.0974. The Labute approximate surface area is 109 Å². The number of thioether (sulfide) groups is 1. The fourth-order valence-electron chi connectivity index (χ4n) is 1.94. The van der Waals surface area contributed by atoms with Crippen LogP contribution in [0.2, 0.25) is 0 Å². The predicted octanol–water partition coefficient (Wildman–Crippen LogP) is 2.31. The largest absolute Gasteiger partial charge is 0.351 e. The van der Waals surface area contributed by atoms with Gasteiger partial charge in [0.05, 0.1) is 6.54 Å². The summed E-state index contributed by atoms with van der Waals surface area (Å²) < 4.78 is 0. The number of aromatic amines is 1. The first-order valence-electron chi connectivity index (χ1n) is 5.80. The Bertz CT molecular complexity index is 645. The summed E-state index contributed by atoms with van der Waals surface area (Å²) in [7, 11) is 0. The first-order chi connectivity index (χ1) is 8.72. The van der Waals surface area contributed by atoms with Crippen LogP contribution in [0.25, 0.3) is 10.9 Å². The molecule has 5 heteroatoms. The van der Waals surface area contributed by atoms with Gasteiger partial charge in [0.2, 0.25) is 0 Å². The zero-order chi connectivity index (χ0) is 12.5. The van der Waals surface area contributed by atoms with E-state index >= 15 is 0 Å². The molecular weight excluding hydrogens is 246 g/mol. The van der Waals surface area contributed by atoms with Crippen molar-refractivity contribution >= 4 is 33.7 Å². The number of aryl methyl sites for hydroxylation is 1. The SMILES string of the molecule is Cc1ccc2cc(C(=O)NC3=NCCS3)[nH]c2c1. The van der Waals surface area contributed by atoms with Gasteiger partial charge in [-0.25, -0.2) is 0 Å². The van der Waals surface area contributed by atoms with E-state index in [1.54, 1.807) is 11.8 Å². The second-order valence-electron chi connectivity index (χ2n) is 4.26. The van der Waals surface area contributed by atoms with Gasteiger partial charge in [-0.2, -0.15) is 0 Å². The number of amides is 1. The number of carbonyl (C=O) groups is 1. The fourth-order valence-corrected chi connectivity index (χ4v) is 2.66. The van der Waals surface area contributed by atoms with Gasteiger partial charge in [-0.05, 0) is 24.6 Å². The highest BCUT2D eigenvalue weighted by Gasteiger charge is 2.14. The molecule has 18 heavy (non-hydrogen) atoms. The average molecular weight is 259 g/mol. The molecule has 0 unspecified atom stereocenters. The van der Waals surface area contributed by atoms with Gasteiger partial charge < -0.3 is 10.3 Å². The minimum absolute atomic E-state index is 0.128. The third-order valence-corrected chi connectivity index (χ3v) is 3.72. The van der Waals surface area contributed by atoms with Crippen molar-refractivity contribution in [3.05, 3.63) is 35.5 Å². The van der Waals surface area contributed by atoms with E-state index in [2.05, 4.69) is 15.3 Å². The number of rotatable bonds is 1. The van der Waals surface area contributed by atoms with Crippen LogP contribution in [0.4, 0.5) is 0 Å². The number of fused-ring (bicyclic) bond motifs is 1. The lowest BCUT2D eigenvalue weighted by atomic mass is 10.2. The monoisotopic (exact) mass is 259 g/mol. The van der Waals surface area contributed by atoms with Crippen LogP contribution in [-0.2, 0) is 0 Å². The number of hydrogen-bond donors (Lipinski definition) is 2. The quantitative estimate of drug-likeness (QED) is 0.825. The van der Waals surface area contributed by atoms with Gasteiger partial charge in [0, 0.05) is 16.7 Å². The third-order valence-electron chi connectivity index (χ3n) is 2.83. The summed E-state index contributed by atoms with van der Waals surface area (Å²) in [6, 6.07) is 7.95. The van der Waals surface area contributed by atoms with E-state index in [0.29, 0.717) is 5.69 Å². The molecule has 1 aromatic carbocycles. The molecule has 1 aromatic heterocycles. The van der Waals surface area contributed by atoms with E-state index in [0.717, 1.165) is 28.4 Å². The van der Waals surface area contributed by atoms with Crippen LogP contribution in [0.5, 0.6) is 0 Å². The summed E-state index contributed by atoms with van der Waals surface area (Å²) >= 11 is 1.58. The number of carbonyl (C=O) groups excluding carboxylic acids is 1. The Morgan fingerprint density at radius 3 is 3.11 bits per heavy atom. The Morgan fingerprint density at radius 1 is 1.44 bits per heavy atom. The van der Waals surface area contributed by atoms with E-state index in [-0.39, 0.29) is 5.91 Å². The molecule has 0 atom stereocenters. The van der Waals surface area contributed by atoms with Crippen LogP contribution in [0.1, 0.15) is 16.1 Å². The third kappa shape index (κ3) is 2.13. The number of nitrogens with one attached hydrogen (secondary N) is 2. The molecule has 0 bridgehead atoms. The van der Waals surface area contributed by atoms with E-state index in [9.17, 15) is 4.79 Å². The van der Waals surface area contributed by atoms with Gasteiger partial charge >= 0.3 is 0 Å². The maximum Gasteiger partial charge on any atom is 0.273 e. The zero-order valence-corrected chi connectivity index (χ0v) is 10.8. The van der Waals surface area contributed by atoms with Gasteiger partial charge in [-0.15, -0.1) is 0 Å². The van der Waals surface area contributed by atoms with Crippen molar-refractivity contribution in [1.82, 2.24) is 10.3 Å². The standard InChI is InChI=1S/C13H13N3OS/c1-8-2-3-9-7-11(15-10(9)6-8)12(17)16-13-14-4-5-18-13/h2-3,6-7,15H,4-5H2,1H3,(H,14,16,17). The minimum Gasteiger partial charge on any atom is -0.351 e. The molecule has 92 valence electrons. The Morgan fingerprint density at radius 2 is 2.33 bits per heavy atom. The number of amidine groups is 1. The van der Waals surface area contributed by atoms with Crippen molar-refractivity contribution in [2.24, 2.45) is 4.99 Å². The average Bonchev–Trinajstić information content (AvgIpc) is 2.96. The molecule has 0 radical (unpaired) electrons. The second kappa shape index (κ2) is 4.49. The van der Waals surface area contributed by atoms with Crippen molar-refractivity contribution < 1.29 is 4.79 Å². The van der Waals surface area contributed by atoms with Crippen molar-refractivity contribution in [3.8, 4) is 0 Å². The van der Waals surface area contributed by atoms with Gasteiger partial charge in [0.15, 0.2) is 5.17 Å². The first kappa shape index (κ1) is 11.3. The minimum atomic E-state index is -0.128. The first-order valence-corrected chi connectivity index (χ1v) is 6.79. The maximum atomic E-state index is 12.0. The highest BCUT2D eigenvalue weighted by atomic mass is 32.2. The molecule has 4 nitrogen and oxygen atoms in total. The van der Waals surface area contributed by atoms with Crippen molar-refractivity contribution in [3.63, 3.8) is 0 Å². The van der Waals surface area contributed by atoms with Gasteiger partial charge in [0.1, 0.15) is 5.69 Å². The summed E-state index contributed by atoms with van der Waals surface area (Å²) in [5, 5.41) is 4.58. The van der Waals surface area contributed by atoms with Crippen LogP contribution in [0.3, 0.4) is 0 Å². The molecule has 1 aliphatic heterocycles. The number of aromatic nitrogens is 1. The molecule has 0 aliphatic carbocycles. The molecular formula is C13H13N3OS. The van der Waals surface area contributed by atoms with Crippen molar-refractivity contribution in [2.75, 3.05) is 12.3 Å². The highest BCUT2D eigenvalue weighted by Crippen LogP contribution is 2.17. The molecule has 1 amide bonds. The number of H-pyrrole nitrogens is 1. The number of hydrogen-bond acceptors (Lipinski definition) is 3. The Hall–Kier alpha value is -1.75. The van der Waals surface area contributed by atoms with Gasteiger partial charge in [-0.1, -0.05) is 23.9 Å². The topological polar surface area (TPSA) is 57.2 Å². The van der Waals surface area contributed by atoms with Crippen molar-refractivity contribution in [2.45, 2.75) is 6.92 Å². The number of aliphatic imine (C=N–C) groups is 1. The van der Waals surface area contributed by atoms with E-state index in [1.165, 1.54) is 5.56 Å². The molecule has 0 saturated carbocycles.